The minimum Gasteiger partial charge on any atom is -0.329 e. The summed E-state index contributed by atoms with van der Waals surface area (Å²) in [7, 11) is 0. The summed E-state index contributed by atoms with van der Waals surface area (Å²) in [5, 5.41) is 2.16. The third kappa shape index (κ3) is 3.72. The Bertz CT molecular complexity index is 741. The van der Waals surface area contributed by atoms with Gasteiger partial charge in [0.2, 0.25) is 5.56 Å². The van der Waals surface area contributed by atoms with Gasteiger partial charge in [0, 0.05) is 22.3 Å². The number of amides is 1. The lowest BCUT2D eigenvalue weighted by atomic mass is 10.1. The number of aromatic nitrogens is 1. The van der Waals surface area contributed by atoms with E-state index in [1.807, 2.05) is 0 Å². The number of benzene rings is 1. The monoisotopic (exact) mass is 360 g/mol. The Morgan fingerprint density at radius 1 is 1.19 bits per heavy atom. The second-order valence-electron chi connectivity index (χ2n) is 4.08. The molecule has 0 saturated carbocycles. The molecule has 1 amide bonds. The molecule has 4 nitrogen and oxygen atoms in total. The summed E-state index contributed by atoms with van der Waals surface area (Å²) in [6.45, 7) is 0. The van der Waals surface area contributed by atoms with Crippen molar-refractivity contribution in [3.05, 3.63) is 62.5 Å². The van der Waals surface area contributed by atoms with E-state index in [-0.39, 0.29) is 15.7 Å². The number of hydrogen-bond donors (Lipinski definition) is 2. The van der Waals surface area contributed by atoms with Gasteiger partial charge in [-0.1, -0.05) is 15.9 Å². The summed E-state index contributed by atoms with van der Waals surface area (Å²) >= 11 is 2.95. The number of nitrogens with one attached hydrogen (secondary N) is 2. The first-order valence-electron chi connectivity index (χ1n) is 5.64. The van der Waals surface area contributed by atoms with Crippen molar-refractivity contribution in [3.8, 4) is 0 Å². The average molecular weight is 361 g/mol. The Morgan fingerprint density at radius 3 is 2.52 bits per heavy atom. The lowest BCUT2D eigenvalue weighted by Crippen LogP contribution is -2.18. The topological polar surface area (TPSA) is 62.0 Å². The quantitative estimate of drug-likeness (QED) is 0.861. The van der Waals surface area contributed by atoms with Crippen molar-refractivity contribution in [2.45, 2.75) is 6.18 Å². The molecule has 110 valence electrons. The zero-order chi connectivity index (χ0) is 15.6. The minimum atomic E-state index is -4.61. The van der Waals surface area contributed by atoms with Gasteiger partial charge >= 0.3 is 6.18 Å². The molecule has 0 aliphatic carbocycles. The SMILES string of the molecule is O=C(Nc1ccc(Br)cc1C(F)(F)F)c1cc[nH]c(=O)c1. The molecule has 0 fully saturated rings. The Kier molecular flexibility index (Phi) is 4.17. The second kappa shape index (κ2) is 5.72. The fourth-order valence-corrected chi connectivity index (χ4v) is 2.00. The fourth-order valence-electron chi connectivity index (χ4n) is 1.64. The number of anilines is 1. The molecule has 0 unspecified atom stereocenters. The standard InChI is InChI=1S/C13H8BrF3N2O2/c14-8-1-2-10(9(6-8)13(15,16)17)19-12(21)7-3-4-18-11(20)5-7/h1-6H,(H,18,20)(H,19,21). The summed E-state index contributed by atoms with van der Waals surface area (Å²) in [6, 6.07) is 5.68. The first kappa shape index (κ1) is 15.3. The number of carbonyl (C=O) groups excluding carboxylic acids is 1. The van der Waals surface area contributed by atoms with Crippen LogP contribution in [0.4, 0.5) is 18.9 Å². The molecular formula is C13H8BrF3N2O2. The highest BCUT2D eigenvalue weighted by atomic mass is 79.9. The second-order valence-corrected chi connectivity index (χ2v) is 5.00. The lowest BCUT2D eigenvalue weighted by Gasteiger charge is -2.14. The summed E-state index contributed by atoms with van der Waals surface area (Å²) in [5.41, 5.74) is -1.91. The molecule has 8 heteroatoms. The highest BCUT2D eigenvalue weighted by Crippen LogP contribution is 2.36. The van der Waals surface area contributed by atoms with Crippen LogP contribution < -0.4 is 10.9 Å². The Labute approximate surface area is 125 Å². The predicted molar refractivity (Wildman–Crippen MR) is 74.2 cm³/mol. The van der Waals surface area contributed by atoms with Gasteiger partial charge in [-0.15, -0.1) is 0 Å². The van der Waals surface area contributed by atoms with Gasteiger partial charge < -0.3 is 10.3 Å². The van der Waals surface area contributed by atoms with Gasteiger partial charge in [-0.3, -0.25) is 9.59 Å². The highest BCUT2D eigenvalue weighted by Gasteiger charge is 2.34. The van der Waals surface area contributed by atoms with Crippen LogP contribution in [0.15, 0.2) is 45.8 Å². The number of H-pyrrole nitrogens is 1. The molecule has 0 atom stereocenters. The van der Waals surface area contributed by atoms with Crippen molar-refractivity contribution < 1.29 is 18.0 Å². The molecule has 0 aliphatic heterocycles. The molecule has 1 aromatic heterocycles. The fraction of sp³-hybridized carbons (Fsp3) is 0.0769. The van der Waals surface area contributed by atoms with E-state index < -0.39 is 23.2 Å². The van der Waals surface area contributed by atoms with Crippen LogP contribution in [0.5, 0.6) is 0 Å². The lowest BCUT2D eigenvalue weighted by molar-refractivity contribution is -0.136. The van der Waals surface area contributed by atoms with Crippen LogP contribution in [-0.4, -0.2) is 10.9 Å². The van der Waals surface area contributed by atoms with Crippen LogP contribution in [0.1, 0.15) is 15.9 Å². The van der Waals surface area contributed by atoms with Crippen molar-refractivity contribution in [2.75, 3.05) is 5.32 Å². The largest absolute Gasteiger partial charge is 0.418 e. The van der Waals surface area contributed by atoms with E-state index in [4.69, 9.17) is 0 Å². The van der Waals surface area contributed by atoms with Gasteiger partial charge in [0.1, 0.15) is 0 Å². The Morgan fingerprint density at radius 2 is 1.90 bits per heavy atom. The van der Waals surface area contributed by atoms with Crippen molar-refractivity contribution in [3.63, 3.8) is 0 Å². The highest BCUT2D eigenvalue weighted by molar-refractivity contribution is 9.10. The van der Waals surface area contributed by atoms with Gasteiger partial charge in [-0.05, 0) is 24.3 Å². The average Bonchev–Trinajstić information content (AvgIpc) is 2.39. The van der Waals surface area contributed by atoms with Crippen LogP contribution in [-0.2, 0) is 6.18 Å². The molecule has 2 rings (SSSR count). The maximum Gasteiger partial charge on any atom is 0.418 e. The Balaban J connectivity index is 2.36. The molecule has 0 radical (unpaired) electrons. The number of halogens is 4. The molecule has 0 aliphatic rings. The van der Waals surface area contributed by atoms with E-state index in [1.54, 1.807) is 0 Å². The number of alkyl halides is 3. The van der Waals surface area contributed by atoms with Crippen molar-refractivity contribution in [1.29, 1.82) is 0 Å². The molecule has 0 bridgehead atoms. The van der Waals surface area contributed by atoms with Gasteiger partial charge in [-0.2, -0.15) is 13.2 Å². The van der Waals surface area contributed by atoms with Crippen LogP contribution in [0.2, 0.25) is 0 Å². The number of pyridine rings is 1. The summed E-state index contributed by atoms with van der Waals surface area (Å²) in [6.07, 6.45) is -3.37. The molecule has 0 spiro atoms. The third-order valence-corrected chi connectivity index (χ3v) is 3.07. The van der Waals surface area contributed by atoms with E-state index in [1.165, 1.54) is 18.3 Å². The van der Waals surface area contributed by atoms with E-state index in [0.29, 0.717) is 0 Å². The van der Waals surface area contributed by atoms with E-state index in [0.717, 1.165) is 18.2 Å². The molecule has 2 N–H and O–H groups in total. The smallest absolute Gasteiger partial charge is 0.329 e. The Hall–Kier alpha value is -2.09. The van der Waals surface area contributed by atoms with Crippen LogP contribution in [0.3, 0.4) is 0 Å². The van der Waals surface area contributed by atoms with Crippen molar-refractivity contribution in [2.24, 2.45) is 0 Å². The number of aromatic amines is 1. The molecule has 21 heavy (non-hydrogen) atoms. The van der Waals surface area contributed by atoms with Gasteiger partial charge in [0.15, 0.2) is 0 Å². The van der Waals surface area contributed by atoms with E-state index in [2.05, 4.69) is 26.2 Å². The first-order chi connectivity index (χ1) is 9.77. The number of rotatable bonds is 2. The number of hydrogen-bond acceptors (Lipinski definition) is 2. The summed E-state index contributed by atoms with van der Waals surface area (Å²) < 4.78 is 39.0. The van der Waals surface area contributed by atoms with Gasteiger partial charge in [0.05, 0.1) is 11.3 Å². The van der Waals surface area contributed by atoms with Gasteiger partial charge in [-0.25, -0.2) is 0 Å². The maximum absolute atomic E-state index is 12.9. The van der Waals surface area contributed by atoms with Gasteiger partial charge in [0.25, 0.3) is 5.91 Å². The molecular weight excluding hydrogens is 353 g/mol. The predicted octanol–water partition coefficient (Wildman–Crippen LogP) is 3.41. The number of carbonyl (C=O) groups is 1. The van der Waals surface area contributed by atoms with E-state index in [9.17, 15) is 22.8 Å². The molecule has 1 aromatic carbocycles. The van der Waals surface area contributed by atoms with Crippen molar-refractivity contribution >= 4 is 27.5 Å². The molecule has 2 aromatic rings. The van der Waals surface area contributed by atoms with Crippen molar-refractivity contribution in [1.82, 2.24) is 4.98 Å². The molecule has 0 saturated heterocycles. The third-order valence-electron chi connectivity index (χ3n) is 2.57. The minimum absolute atomic E-state index is 0.0326. The maximum atomic E-state index is 12.9. The van der Waals surface area contributed by atoms with E-state index >= 15 is 0 Å². The van der Waals surface area contributed by atoms with Crippen LogP contribution in [0.25, 0.3) is 0 Å². The zero-order valence-corrected chi connectivity index (χ0v) is 11.9. The summed E-state index contributed by atoms with van der Waals surface area (Å²) in [4.78, 5) is 25.3. The van der Waals surface area contributed by atoms with Crippen LogP contribution >= 0.6 is 15.9 Å². The normalized spacial score (nSPS) is 11.2. The first-order valence-corrected chi connectivity index (χ1v) is 6.43. The molecule has 1 heterocycles. The summed E-state index contributed by atoms with van der Waals surface area (Å²) in [5.74, 6) is -0.797. The van der Waals surface area contributed by atoms with Crippen LogP contribution in [0, 0.1) is 0 Å². The zero-order valence-electron chi connectivity index (χ0n) is 10.3.